The number of H-pyrrole nitrogens is 1. The Kier molecular flexibility index (Phi) is 6.13. The molecule has 1 saturated heterocycles. The highest BCUT2D eigenvalue weighted by Gasteiger charge is 2.29. The second-order valence-corrected chi connectivity index (χ2v) is 8.63. The number of nitrogens with one attached hydrogen (secondary N) is 2. The van der Waals surface area contributed by atoms with Gasteiger partial charge in [0.2, 0.25) is 0 Å². The predicted molar refractivity (Wildman–Crippen MR) is 131 cm³/mol. The number of hydrogen-bond acceptors (Lipinski definition) is 4. The zero-order valence-electron chi connectivity index (χ0n) is 18.3. The zero-order chi connectivity index (χ0) is 22.8. The average Bonchev–Trinajstić information content (AvgIpc) is 3.16. The molecule has 4 aromatic rings. The van der Waals surface area contributed by atoms with E-state index in [1.165, 1.54) is 5.56 Å². The highest BCUT2D eigenvalue weighted by molar-refractivity contribution is 6.30. The van der Waals surface area contributed by atoms with Crippen LogP contribution in [0.5, 0.6) is 0 Å². The van der Waals surface area contributed by atoms with Gasteiger partial charge in [0.15, 0.2) is 0 Å². The molecule has 7 heteroatoms. The molecule has 3 heterocycles. The SMILES string of the molecule is Cc1[nH]c2ccc(NC(=O)c3ccc(Cl)cc3)cc2c1[C@@H](c1ccccn1)N1CCOCC1. The summed E-state index contributed by atoms with van der Waals surface area (Å²) in [4.78, 5) is 23.4. The number of pyridine rings is 1. The van der Waals surface area contributed by atoms with Crippen molar-refractivity contribution in [3.63, 3.8) is 0 Å². The summed E-state index contributed by atoms with van der Waals surface area (Å²) in [7, 11) is 0. The Morgan fingerprint density at radius 1 is 1.12 bits per heavy atom. The maximum absolute atomic E-state index is 12.8. The number of ether oxygens (including phenoxy) is 1. The Bertz CT molecular complexity index is 1260. The quantitative estimate of drug-likeness (QED) is 0.429. The third kappa shape index (κ3) is 4.50. The van der Waals surface area contributed by atoms with Crippen LogP contribution in [0.15, 0.2) is 66.9 Å². The molecule has 0 spiro atoms. The Morgan fingerprint density at radius 2 is 1.91 bits per heavy atom. The van der Waals surface area contributed by atoms with Gasteiger partial charge in [0.05, 0.1) is 24.9 Å². The highest BCUT2D eigenvalue weighted by atomic mass is 35.5. The lowest BCUT2D eigenvalue weighted by atomic mass is 9.97. The van der Waals surface area contributed by atoms with E-state index in [1.54, 1.807) is 24.3 Å². The molecule has 5 rings (SSSR count). The van der Waals surface area contributed by atoms with Crippen molar-refractivity contribution in [1.82, 2.24) is 14.9 Å². The van der Waals surface area contributed by atoms with Gasteiger partial charge in [0, 0.05) is 57.7 Å². The van der Waals surface area contributed by atoms with E-state index in [-0.39, 0.29) is 11.9 Å². The van der Waals surface area contributed by atoms with Crippen molar-refractivity contribution in [2.24, 2.45) is 0 Å². The van der Waals surface area contributed by atoms with E-state index < -0.39 is 0 Å². The Morgan fingerprint density at radius 3 is 2.64 bits per heavy atom. The molecule has 0 unspecified atom stereocenters. The second-order valence-electron chi connectivity index (χ2n) is 8.19. The number of aryl methyl sites for hydroxylation is 1. The minimum atomic E-state index is -0.172. The maximum atomic E-state index is 12.8. The lowest BCUT2D eigenvalue weighted by molar-refractivity contribution is 0.0234. The van der Waals surface area contributed by atoms with Gasteiger partial charge in [-0.1, -0.05) is 17.7 Å². The molecule has 33 heavy (non-hydrogen) atoms. The first-order chi connectivity index (χ1) is 16.1. The lowest BCUT2D eigenvalue weighted by Crippen LogP contribution is -2.40. The number of rotatable bonds is 5. The fourth-order valence-electron chi connectivity index (χ4n) is 4.47. The number of aromatic nitrogens is 2. The Labute approximate surface area is 197 Å². The predicted octanol–water partition coefficient (Wildman–Crippen LogP) is 5.20. The second kappa shape index (κ2) is 9.35. The summed E-state index contributed by atoms with van der Waals surface area (Å²) in [5, 5.41) is 4.69. The molecule has 168 valence electrons. The molecular formula is C26H25ClN4O2. The number of benzene rings is 2. The van der Waals surface area contributed by atoms with Crippen LogP contribution >= 0.6 is 11.6 Å². The molecule has 1 aliphatic heterocycles. The molecule has 1 amide bonds. The fraction of sp³-hybridized carbons (Fsp3) is 0.231. The van der Waals surface area contributed by atoms with Gasteiger partial charge in [-0.15, -0.1) is 0 Å². The molecule has 0 saturated carbocycles. The van der Waals surface area contributed by atoms with Crippen LogP contribution in [0, 0.1) is 6.92 Å². The minimum Gasteiger partial charge on any atom is -0.379 e. The van der Waals surface area contributed by atoms with Gasteiger partial charge in [0.25, 0.3) is 5.91 Å². The van der Waals surface area contributed by atoms with Crippen molar-refractivity contribution < 1.29 is 9.53 Å². The smallest absolute Gasteiger partial charge is 0.255 e. The standard InChI is InChI=1S/C26H25ClN4O2/c1-17-24(25(23-4-2-3-11-28-23)31-12-14-33-15-13-31)21-16-20(9-10-22(21)29-17)30-26(32)18-5-7-19(27)8-6-18/h2-11,16,25,29H,12-15H2,1H3,(H,30,32)/t25-/m1/s1. The van der Waals surface area contributed by atoms with E-state index in [1.807, 2.05) is 36.5 Å². The third-order valence-corrected chi connectivity index (χ3v) is 6.30. The topological polar surface area (TPSA) is 70.2 Å². The van der Waals surface area contributed by atoms with Gasteiger partial charge in [-0.25, -0.2) is 0 Å². The fourth-order valence-corrected chi connectivity index (χ4v) is 4.60. The number of amides is 1. The van der Waals surface area contributed by atoms with Crippen LogP contribution in [0.2, 0.25) is 5.02 Å². The van der Waals surface area contributed by atoms with Crippen LogP contribution in [-0.4, -0.2) is 47.1 Å². The average molecular weight is 461 g/mol. The lowest BCUT2D eigenvalue weighted by Gasteiger charge is -2.34. The Balaban J connectivity index is 1.54. The van der Waals surface area contributed by atoms with Gasteiger partial charge >= 0.3 is 0 Å². The van der Waals surface area contributed by atoms with Crippen LogP contribution in [0.4, 0.5) is 5.69 Å². The van der Waals surface area contributed by atoms with E-state index >= 15 is 0 Å². The van der Waals surface area contributed by atoms with Crippen LogP contribution < -0.4 is 5.32 Å². The number of anilines is 1. The summed E-state index contributed by atoms with van der Waals surface area (Å²) >= 11 is 5.95. The number of carbonyl (C=O) groups excluding carboxylic acids is 1. The summed E-state index contributed by atoms with van der Waals surface area (Å²) in [5.41, 5.74) is 5.59. The van der Waals surface area contributed by atoms with Crippen molar-refractivity contribution in [2.45, 2.75) is 13.0 Å². The normalized spacial score (nSPS) is 15.5. The molecule has 0 bridgehead atoms. The largest absolute Gasteiger partial charge is 0.379 e. The van der Waals surface area contributed by atoms with E-state index in [9.17, 15) is 4.79 Å². The molecule has 1 aliphatic rings. The highest BCUT2D eigenvalue weighted by Crippen LogP contribution is 2.37. The summed E-state index contributed by atoms with van der Waals surface area (Å²) in [6, 6.07) is 18.9. The number of hydrogen-bond donors (Lipinski definition) is 2. The van der Waals surface area contributed by atoms with Gasteiger partial charge in [0.1, 0.15) is 0 Å². The van der Waals surface area contributed by atoms with Crippen LogP contribution in [0.1, 0.15) is 33.4 Å². The first kappa shape index (κ1) is 21.6. The van der Waals surface area contributed by atoms with E-state index in [4.69, 9.17) is 21.3 Å². The van der Waals surface area contributed by atoms with Gasteiger partial charge < -0.3 is 15.0 Å². The zero-order valence-corrected chi connectivity index (χ0v) is 19.1. The molecular weight excluding hydrogens is 436 g/mol. The Hall–Kier alpha value is -3.19. The molecule has 2 N–H and O–H groups in total. The summed E-state index contributed by atoms with van der Waals surface area (Å²) in [5.74, 6) is -0.172. The molecule has 1 atom stereocenters. The van der Waals surface area contributed by atoms with Crippen molar-refractivity contribution in [2.75, 3.05) is 31.6 Å². The number of carbonyl (C=O) groups is 1. The number of aromatic amines is 1. The van der Waals surface area contributed by atoms with Crippen molar-refractivity contribution in [3.05, 3.63) is 94.4 Å². The summed E-state index contributed by atoms with van der Waals surface area (Å²) < 4.78 is 5.61. The van der Waals surface area contributed by atoms with Crippen molar-refractivity contribution in [3.8, 4) is 0 Å². The molecule has 2 aromatic carbocycles. The maximum Gasteiger partial charge on any atom is 0.255 e. The number of fused-ring (bicyclic) bond motifs is 1. The van der Waals surface area contributed by atoms with E-state index in [2.05, 4.69) is 28.2 Å². The molecule has 0 radical (unpaired) electrons. The minimum absolute atomic E-state index is 0.00827. The number of halogens is 1. The first-order valence-electron chi connectivity index (χ1n) is 11.0. The number of nitrogens with zero attached hydrogens (tertiary/aromatic N) is 2. The first-order valence-corrected chi connectivity index (χ1v) is 11.4. The van der Waals surface area contributed by atoms with E-state index in [0.717, 1.165) is 41.1 Å². The van der Waals surface area contributed by atoms with Gasteiger partial charge in [-0.05, 0) is 61.5 Å². The van der Waals surface area contributed by atoms with Gasteiger partial charge in [-0.3, -0.25) is 14.7 Å². The summed E-state index contributed by atoms with van der Waals surface area (Å²) in [6.07, 6.45) is 1.84. The third-order valence-electron chi connectivity index (χ3n) is 6.05. The number of morpholine rings is 1. The summed E-state index contributed by atoms with van der Waals surface area (Å²) in [6.45, 7) is 5.17. The van der Waals surface area contributed by atoms with Crippen LogP contribution in [-0.2, 0) is 4.74 Å². The van der Waals surface area contributed by atoms with Crippen molar-refractivity contribution in [1.29, 1.82) is 0 Å². The van der Waals surface area contributed by atoms with Gasteiger partial charge in [-0.2, -0.15) is 0 Å². The van der Waals surface area contributed by atoms with E-state index in [0.29, 0.717) is 23.8 Å². The molecule has 0 aliphatic carbocycles. The van der Waals surface area contributed by atoms with Crippen LogP contribution in [0.25, 0.3) is 10.9 Å². The van der Waals surface area contributed by atoms with Crippen molar-refractivity contribution >= 4 is 34.1 Å². The molecule has 1 fully saturated rings. The van der Waals surface area contributed by atoms with Crippen LogP contribution in [0.3, 0.4) is 0 Å². The molecule has 2 aromatic heterocycles. The molecule has 6 nitrogen and oxygen atoms in total. The monoisotopic (exact) mass is 460 g/mol.